The largest absolute Gasteiger partial charge is 0.495 e. The van der Waals surface area contributed by atoms with Crippen molar-refractivity contribution in [3.63, 3.8) is 0 Å². The van der Waals surface area contributed by atoms with E-state index in [1.165, 1.54) is 12.8 Å². The summed E-state index contributed by atoms with van der Waals surface area (Å²) in [6, 6.07) is 5.92. The topological polar surface area (TPSA) is 33.6 Å². The molecular formula is C12H15BrN2O. The van der Waals surface area contributed by atoms with E-state index < -0.39 is 0 Å². The number of methoxy groups -OCH3 is 1. The summed E-state index contributed by atoms with van der Waals surface area (Å²) in [4.78, 5) is 4.46. The van der Waals surface area contributed by atoms with Gasteiger partial charge in [0, 0.05) is 17.4 Å². The first-order valence-corrected chi connectivity index (χ1v) is 6.23. The Balaban J connectivity index is 2.18. The van der Waals surface area contributed by atoms with Crippen molar-refractivity contribution in [2.45, 2.75) is 19.3 Å². The van der Waals surface area contributed by atoms with Crippen LogP contribution in [0.15, 0.2) is 27.7 Å². The third-order valence-corrected chi connectivity index (χ3v) is 3.06. The molecule has 1 aromatic carbocycles. The van der Waals surface area contributed by atoms with Crippen LogP contribution < -0.4 is 10.1 Å². The molecule has 1 aliphatic rings. The minimum absolute atomic E-state index is 0.844. The third-order valence-electron chi connectivity index (χ3n) is 2.56. The fourth-order valence-electron chi connectivity index (χ4n) is 1.73. The van der Waals surface area contributed by atoms with Crippen LogP contribution in [0.1, 0.15) is 19.3 Å². The van der Waals surface area contributed by atoms with E-state index in [0.29, 0.717) is 0 Å². The number of nitrogens with one attached hydrogen (secondary N) is 1. The molecule has 1 aromatic rings. The predicted octanol–water partition coefficient (Wildman–Crippen LogP) is 3.45. The normalized spacial score (nSPS) is 15.5. The smallest absolute Gasteiger partial charge is 0.142 e. The SMILES string of the molecule is COc1ccc(Br)cc1NC1=NCCCC1. The van der Waals surface area contributed by atoms with Crippen LogP contribution >= 0.6 is 15.9 Å². The Morgan fingerprint density at radius 2 is 2.25 bits per heavy atom. The Hall–Kier alpha value is -1.03. The molecule has 0 bridgehead atoms. The van der Waals surface area contributed by atoms with Gasteiger partial charge in [0.1, 0.15) is 11.6 Å². The summed E-state index contributed by atoms with van der Waals surface area (Å²) < 4.78 is 6.34. The Kier molecular flexibility index (Phi) is 3.83. The molecule has 0 fully saturated rings. The van der Waals surface area contributed by atoms with E-state index in [0.717, 1.165) is 34.7 Å². The molecule has 4 heteroatoms. The first-order chi connectivity index (χ1) is 7.79. The highest BCUT2D eigenvalue weighted by atomic mass is 79.9. The molecule has 0 aliphatic carbocycles. The maximum absolute atomic E-state index is 5.30. The van der Waals surface area contributed by atoms with Gasteiger partial charge in [-0.25, -0.2) is 0 Å². The molecule has 1 N–H and O–H groups in total. The molecule has 0 saturated heterocycles. The molecule has 0 unspecified atom stereocenters. The first-order valence-electron chi connectivity index (χ1n) is 5.43. The van der Waals surface area contributed by atoms with E-state index in [1.54, 1.807) is 7.11 Å². The fraction of sp³-hybridized carbons (Fsp3) is 0.417. The minimum Gasteiger partial charge on any atom is -0.495 e. The van der Waals surface area contributed by atoms with E-state index in [9.17, 15) is 0 Å². The van der Waals surface area contributed by atoms with Gasteiger partial charge in [0.15, 0.2) is 0 Å². The standard InChI is InChI=1S/C12H15BrN2O/c1-16-11-6-5-9(13)8-10(11)15-12-4-2-3-7-14-12/h5-6,8H,2-4,7H2,1H3,(H,14,15). The number of anilines is 1. The number of aliphatic imine (C=N–C) groups is 1. The van der Waals surface area contributed by atoms with E-state index in [2.05, 4.69) is 26.2 Å². The Morgan fingerprint density at radius 1 is 1.38 bits per heavy atom. The van der Waals surface area contributed by atoms with E-state index in [4.69, 9.17) is 4.74 Å². The number of amidine groups is 1. The zero-order chi connectivity index (χ0) is 11.4. The lowest BCUT2D eigenvalue weighted by atomic mass is 10.1. The molecule has 86 valence electrons. The van der Waals surface area contributed by atoms with Gasteiger partial charge in [0.25, 0.3) is 0 Å². The molecule has 0 spiro atoms. The summed E-state index contributed by atoms with van der Waals surface area (Å²) >= 11 is 3.45. The zero-order valence-corrected chi connectivity index (χ0v) is 10.9. The van der Waals surface area contributed by atoms with E-state index in [1.807, 2.05) is 18.2 Å². The van der Waals surface area contributed by atoms with Gasteiger partial charge in [0.05, 0.1) is 12.8 Å². The summed E-state index contributed by atoms with van der Waals surface area (Å²) in [5, 5.41) is 3.34. The van der Waals surface area contributed by atoms with Crippen molar-refractivity contribution in [3.05, 3.63) is 22.7 Å². The first kappa shape index (κ1) is 11.5. The number of halogens is 1. The molecule has 0 radical (unpaired) electrons. The second-order valence-corrected chi connectivity index (χ2v) is 4.67. The molecule has 3 nitrogen and oxygen atoms in total. The molecule has 0 amide bonds. The van der Waals surface area contributed by atoms with Gasteiger partial charge in [-0.1, -0.05) is 15.9 Å². The quantitative estimate of drug-likeness (QED) is 0.901. The Labute approximate surface area is 104 Å². The molecule has 0 atom stereocenters. The van der Waals surface area contributed by atoms with Crippen molar-refractivity contribution in [1.29, 1.82) is 0 Å². The van der Waals surface area contributed by atoms with Crippen LogP contribution in [0.25, 0.3) is 0 Å². The summed E-state index contributed by atoms with van der Waals surface area (Å²) in [5.41, 5.74) is 0.970. The highest BCUT2D eigenvalue weighted by molar-refractivity contribution is 9.10. The van der Waals surface area contributed by atoms with Crippen molar-refractivity contribution in [2.24, 2.45) is 4.99 Å². The molecule has 0 aromatic heterocycles. The lowest BCUT2D eigenvalue weighted by Crippen LogP contribution is -2.16. The number of nitrogens with zero attached hydrogens (tertiary/aromatic N) is 1. The molecule has 1 heterocycles. The molecular weight excluding hydrogens is 268 g/mol. The number of ether oxygens (including phenoxy) is 1. The Bertz CT molecular complexity index is 404. The highest BCUT2D eigenvalue weighted by Crippen LogP contribution is 2.28. The highest BCUT2D eigenvalue weighted by Gasteiger charge is 2.09. The van der Waals surface area contributed by atoms with Gasteiger partial charge in [-0.05, 0) is 31.0 Å². The fourth-order valence-corrected chi connectivity index (χ4v) is 2.09. The maximum Gasteiger partial charge on any atom is 0.142 e. The molecule has 1 aliphatic heterocycles. The summed E-state index contributed by atoms with van der Waals surface area (Å²) in [7, 11) is 1.68. The van der Waals surface area contributed by atoms with Crippen molar-refractivity contribution in [2.75, 3.05) is 19.0 Å². The van der Waals surface area contributed by atoms with Gasteiger partial charge in [-0.3, -0.25) is 4.99 Å². The van der Waals surface area contributed by atoms with Gasteiger partial charge >= 0.3 is 0 Å². The summed E-state index contributed by atoms with van der Waals surface area (Å²) in [5.74, 6) is 1.90. The average Bonchev–Trinajstić information content (AvgIpc) is 2.31. The van der Waals surface area contributed by atoms with Crippen LogP contribution in [-0.2, 0) is 0 Å². The number of hydrogen-bond donors (Lipinski definition) is 1. The van der Waals surface area contributed by atoms with Gasteiger partial charge in [-0.15, -0.1) is 0 Å². The number of hydrogen-bond acceptors (Lipinski definition) is 3. The van der Waals surface area contributed by atoms with Gasteiger partial charge < -0.3 is 10.1 Å². The monoisotopic (exact) mass is 282 g/mol. The summed E-state index contributed by atoms with van der Waals surface area (Å²) in [6.45, 7) is 0.929. The zero-order valence-electron chi connectivity index (χ0n) is 9.29. The average molecular weight is 283 g/mol. The summed E-state index contributed by atoms with van der Waals surface area (Å²) in [6.07, 6.45) is 3.43. The number of benzene rings is 1. The van der Waals surface area contributed by atoms with Gasteiger partial charge in [0.2, 0.25) is 0 Å². The van der Waals surface area contributed by atoms with E-state index in [-0.39, 0.29) is 0 Å². The van der Waals surface area contributed by atoms with Gasteiger partial charge in [-0.2, -0.15) is 0 Å². The van der Waals surface area contributed by atoms with Crippen LogP contribution in [0.4, 0.5) is 5.69 Å². The molecule has 2 rings (SSSR count). The van der Waals surface area contributed by atoms with Crippen molar-refractivity contribution >= 4 is 27.5 Å². The second-order valence-electron chi connectivity index (χ2n) is 3.76. The van der Waals surface area contributed by atoms with E-state index >= 15 is 0 Å². The van der Waals surface area contributed by atoms with Crippen LogP contribution in [0, 0.1) is 0 Å². The minimum atomic E-state index is 0.844. The maximum atomic E-state index is 5.30. The lowest BCUT2D eigenvalue weighted by molar-refractivity contribution is 0.417. The third kappa shape index (κ3) is 2.76. The molecule has 0 saturated carbocycles. The van der Waals surface area contributed by atoms with Crippen LogP contribution in [-0.4, -0.2) is 19.5 Å². The Morgan fingerprint density at radius 3 is 2.94 bits per heavy atom. The second kappa shape index (κ2) is 5.34. The van der Waals surface area contributed by atoms with Crippen LogP contribution in [0.2, 0.25) is 0 Å². The van der Waals surface area contributed by atoms with Crippen molar-refractivity contribution < 1.29 is 4.74 Å². The lowest BCUT2D eigenvalue weighted by Gasteiger charge is -2.16. The van der Waals surface area contributed by atoms with Crippen molar-refractivity contribution in [3.8, 4) is 5.75 Å². The van der Waals surface area contributed by atoms with Crippen LogP contribution in [0.3, 0.4) is 0 Å². The van der Waals surface area contributed by atoms with Crippen molar-refractivity contribution in [1.82, 2.24) is 0 Å². The van der Waals surface area contributed by atoms with Crippen LogP contribution in [0.5, 0.6) is 5.75 Å². The molecule has 16 heavy (non-hydrogen) atoms. The number of rotatable bonds is 2. The predicted molar refractivity (Wildman–Crippen MR) is 70.5 cm³/mol.